The van der Waals surface area contributed by atoms with Crippen molar-refractivity contribution in [1.29, 1.82) is 0 Å². The van der Waals surface area contributed by atoms with E-state index in [4.69, 9.17) is 16.2 Å². The van der Waals surface area contributed by atoms with Crippen molar-refractivity contribution in [1.82, 2.24) is 4.90 Å². The Balaban J connectivity index is 1.65. The molecule has 0 unspecified atom stereocenters. The standard InChI is InChI=1S/C20H24FN3O/c21-17-11-14(22)7-8-19(17)25-20-16-6-2-1-4-13(16)10-18(20)24-9-3-5-15(23)12-24/h1-2,4,6-8,11,15,18,20H,3,5,9-10,12,22-23H2/t15-,18-,20-/m1/s1. The van der Waals surface area contributed by atoms with Gasteiger partial charge in [-0.05, 0) is 49.1 Å². The predicted molar refractivity (Wildman–Crippen MR) is 96.9 cm³/mol. The Morgan fingerprint density at radius 3 is 2.80 bits per heavy atom. The van der Waals surface area contributed by atoms with Crippen LogP contribution in [0.3, 0.4) is 0 Å². The van der Waals surface area contributed by atoms with E-state index in [2.05, 4.69) is 17.0 Å². The molecule has 3 atom stereocenters. The van der Waals surface area contributed by atoms with Crippen molar-refractivity contribution in [2.24, 2.45) is 5.73 Å². The van der Waals surface area contributed by atoms with Crippen LogP contribution >= 0.6 is 0 Å². The average Bonchev–Trinajstić information content (AvgIpc) is 2.96. The van der Waals surface area contributed by atoms with E-state index in [1.165, 1.54) is 11.6 Å². The van der Waals surface area contributed by atoms with Gasteiger partial charge in [0, 0.05) is 24.3 Å². The fraction of sp³-hybridized carbons (Fsp3) is 0.400. The molecule has 2 aromatic carbocycles. The molecule has 0 spiro atoms. The summed E-state index contributed by atoms with van der Waals surface area (Å²) in [4.78, 5) is 2.41. The van der Waals surface area contributed by atoms with E-state index in [-0.39, 0.29) is 23.9 Å². The molecular weight excluding hydrogens is 317 g/mol. The van der Waals surface area contributed by atoms with Gasteiger partial charge in [0.2, 0.25) is 0 Å². The van der Waals surface area contributed by atoms with Gasteiger partial charge in [0.05, 0.1) is 6.04 Å². The fourth-order valence-corrected chi connectivity index (χ4v) is 4.09. The number of likely N-dealkylation sites (tertiary alicyclic amines) is 1. The van der Waals surface area contributed by atoms with Gasteiger partial charge in [-0.2, -0.15) is 0 Å². The third kappa shape index (κ3) is 3.22. The van der Waals surface area contributed by atoms with Crippen LogP contribution in [0.15, 0.2) is 42.5 Å². The van der Waals surface area contributed by atoms with Crippen molar-refractivity contribution in [2.75, 3.05) is 18.8 Å². The molecule has 132 valence electrons. The van der Waals surface area contributed by atoms with Crippen LogP contribution in [0.5, 0.6) is 5.75 Å². The van der Waals surface area contributed by atoms with Crippen LogP contribution in [0.2, 0.25) is 0 Å². The third-order valence-corrected chi connectivity index (χ3v) is 5.31. The van der Waals surface area contributed by atoms with Gasteiger partial charge in [-0.1, -0.05) is 24.3 Å². The highest BCUT2D eigenvalue weighted by atomic mass is 19.1. The molecule has 1 aliphatic carbocycles. The Morgan fingerprint density at radius 1 is 1.16 bits per heavy atom. The monoisotopic (exact) mass is 341 g/mol. The summed E-state index contributed by atoms with van der Waals surface area (Å²) in [6.07, 6.45) is 2.87. The van der Waals surface area contributed by atoms with E-state index in [1.807, 2.05) is 12.1 Å². The van der Waals surface area contributed by atoms with Gasteiger partial charge in [-0.15, -0.1) is 0 Å². The molecule has 1 saturated heterocycles. The van der Waals surface area contributed by atoms with E-state index in [9.17, 15) is 4.39 Å². The first-order valence-corrected chi connectivity index (χ1v) is 8.91. The van der Waals surface area contributed by atoms with Crippen LogP contribution in [0.25, 0.3) is 0 Å². The molecule has 4 N–H and O–H groups in total. The van der Waals surface area contributed by atoms with Crippen molar-refractivity contribution in [3.8, 4) is 5.75 Å². The number of anilines is 1. The van der Waals surface area contributed by atoms with Crippen LogP contribution in [0.1, 0.15) is 30.1 Å². The first-order chi connectivity index (χ1) is 12.1. The Bertz CT molecular complexity index is 766. The minimum absolute atomic E-state index is 0.181. The number of hydrogen-bond acceptors (Lipinski definition) is 4. The number of piperidine rings is 1. The lowest BCUT2D eigenvalue weighted by molar-refractivity contribution is 0.0571. The van der Waals surface area contributed by atoms with Crippen molar-refractivity contribution in [3.05, 3.63) is 59.4 Å². The summed E-state index contributed by atoms with van der Waals surface area (Å²) in [6, 6.07) is 13.3. The molecule has 2 aliphatic rings. The topological polar surface area (TPSA) is 64.5 Å². The van der Waals surface area contributed by atoms with Gasteiger partial charge in [0.15, 0.2) is 11.6 Å². The van der Waals surface area contributed by atoms with E-state index >= 15 is 0 Å². The Hall–Kier alpha value is -2.11. The second kappa shape index (κ2) is 6.65. The van der Waals surface area contributed by atoms with Gasteiger partial charge in [0.25, 0.3) is 0 Å². The first kappa shape index (κ1) is 16.4. The Morgan fingerprint density at radius 2 is 2.00 bits per heavy atom. The lowest BCUT2D eigenvalue weighted by Crippen LogP contribution is -2.49. The Labute approximate surface area is 147 Å². The van der Waals surface area contributed by atoms with Crippen molar-refractivity contribution in [2.45, 2.75) is 37.5 Å². The molecule has 5 heteroatoms. The van der Waals surface area contributed by atoms with Crippen LogP contribution in [-0.2, 0) is 6.42 Å². The van der Waals surface area contributed by atoms with Crippen LogP contribution in [0, 0.1) is 5.82 Å². The molecule has 0 amide bonds. The smallest absolute Gasteiger partial charge is 0.167 e. The summed E-state index contributed by atoms with van der Waals surface area (Å²) in [5, 5.41) is 0. The molecule has 1 heterocycles. The molecule has 0 saturated carbocycles. The number of hydrogen-bond donors (Lipinski definition) is 2. The van der Waals surface area contributed by atoms with E-state index in [0.717, 1.165) is 37.9 Å². The fourth-order valence-electron chi connectivity index (χ4n) is 4.09. The van der Waals surface area contributed by atoms with E-state index in [0.29, 0.717) is 5.69 Å². The second-order valence-corrected chi connectivity index (χ2v) is 7.10. The molecule has 2 aromatic rings. The zero-order valence-electron chi connectivity index (χ0n) is 14.2. The maximum Gasteiger partial charge on any atom is 0.167 e. The zero-order valence-corrected chi connectivity index (χ0v) is 14.2. The number of nitrogen functional groups attached to an aromatic ring is 1. The maximum atomic E-state index is 14.3. The Kier molecular flexibility index (Phi) is 4.36. The summed E-state index contributed by atoms with van der Waals surface area (Å²) in [5.74, 6) is -0.166. The number of nitrogens with zero attached hydrogens (tertiary/aromatic N) is 1. The quantitative estimate of drug-likeness (QED) is 0.843. The van der Waals surface area contributed by atoms with E-state index < -0.39 is 5.82 Å². The highest BCUT2D eigenvalue weighted by Gasteiger charge is 2.39. The van der Waals surface area contributed by atoms with Crippen molar-refractivity contribution < 1.29 is 9.13 Å². The molecule has 0 bridgehead atoms. The normalized spacial score (nSPS) is 26.4. The lowest BCUT2D eigenvalue weighted by atomic mass is 10.0. The molecule has 0 aromatic heterocycles. The highest BCUT2D eigenvalue weighted by molar-refractivity contribution is 5.44. The van der Waals surface area contributed by atoms with Gasteiger partial charge in [0.1, 0.15) is 6.10 Å². The summed E-state index contributed by atoms with van der Waals surface area (Å²) >= 11 is 0. The van der Waals surface area contributed by atoms with Gasteiger partial charge >= 0.3 is 0 Å². The summed E-state index contributed by atoms with van der Waals surface area (Å²) in [5.41, 5.74) is 14.6. The lowest BCUT2D eigenvalue weighted by Gasteiger charge is -2.38. The molecule has 1 fully saturated rings. The number of nitrogens with two attached hydrogens (primary N) is 2. The van der Waals surface area contributed by atoms with Gasteiger partial charge in [-0.3, -0.25) is 4.90 Å². The van der Waals surface area contributed by atoms with Gasteiger partial charge in [-0.25, -0.2) is 4.39 Å². The van der Waals surface area contributed by atoms with E-state index in [1.54, 1.807) is 12.1 Å². The van der Waals surface area contributed by atoms with Gasteiger partial charge < -0.3 is 16.2 Å². The second-order valence-electron chi connectivity index (χ2n) is 7.10. The molecule has 4 rings (SSSR count). The highest BCUT2D eigenvalue weighted by Crippen LogP contribution is 2.39. The van der Waals surface area contributed by atoms with Crippen molar-refractivity contribution >= 4 is 5.69 Å². The predicted octanol–water partition coefficient (Wildman–Crippen LogP) is 2.88. The summed E-state index contributed by atoms with van der Waals surface area (Å²) in [6.45, 7) is 1.87. The summed E-state index contributed by atoms with van der Waals surface area (Å²) < 4.78 is 20.4. The summed E-state index contributed by atoms with van der Waals surface area (Å²) in [7, 11) is 0. The molecule has 0 radical (unpaired) electrons. The number of halogens is 1. The van der Waals surface area contributed by atoms with Crippen molar-refractivity contribution in [3.63, 3.8) is 0 Å². The molecule has 4 nitrogen and oxygen atoms in total. The maximum absolute atomic E-state index is 14.3. The zero-order chi connectivity index (χ0) is 17.4. The number of ether oxygens (including phenoxy) is 1. The van der Waals surface area contributed by atoms with Crippen LogP contribution < -0.4 is 16.2 Å². The first-order valence-electron chi connectivity index (χ1n) is 8.91. The minimum atomic E-state index is -0.418. The largest absolute Gasteiger partial charge is 0.481 e. The minimum Gasteiger partial charge on any atom is -0.481 e. The molecule has 25 heavy (non-hydrogen) atoms. The number of fused-ring (bicyclic) bond motifs is 1. The third-order valence-electron chi connectivity index (χ3n) is 5.31. The molecule has 1 aliphatic heterocycles. The van der Waals surface area contributed by atoms with Crippen LogP contribution in [-0.4, -0.2) is 30.1 Å². The average molecular weight is 341 g/mol. The number of benzene rings is 2. The molecular formula is C20H24FN3O. The van der Waals surface area contributed by atoms with Crippen LogP contribution in [0.4, 0.5) is 10.1 Å². The SMILES string of the molecule is Nc1ccc(O[C@@H]2c3ccccc3C[C@H]2N2CCC[C@@H](N)C2)c(F)c1. The number of rotatable bonds is 3.